The van der Waals surface area contributed by atoms with Crippen molar-refractivity contribution in [1.82, 2.24) is 4.98 Å². The Bertz CT molecular complexity index is 1010. The van der Waals surface area contributed by atoms with Gasteiger partial charge in [-0.05, 0) is 23.8 Å². The van der Waals surface area contributed by atoms with E-state index in [4.69, 9.17) is 14.2 Å². The number of fused-ring (bicyclic) bond motifs is 3. The summed E-state index contributed by atoms with van der Waals surface area (Å²) < 4.78 is 16.0. The minimum Gasteiger partial charge on any atom is -0.493 e. The van der Waals surface area contributed by atoms with E-state index in [-0.39, 0.29) is 6.04 Å². The van der Waals surface area contributed by atoms with E-state index >= 15 is 0 Å². The van der Waals surface area contributed by atoms with E-state index in [1.165, 1.54) is 25.2 Å². The third kappa shape index (κ3) is 2.73. The lowest BCUT2D eigenvalue weighted by Gasteiger charge is -2.24. The largest absolute Gasteiger partial charge is 0.493 e. The molecule has 1 aliphatic heterocycles. The van der Waals surface area contributed by atoms with Crippen LogP contribution in [-0.4, -0.2) is 38.8 Å². The number of para-hydroxylation sites is 1. The molecule has 6 nitrogen and oxygen atoms in total. The highest BCUT2D eigenvalue weighted by Gasteiger charge is 2.34. The number of hydrogen-bond acceptors (Lipinski definition) is 4. The fourth-order valence-corrected chi connectivity index (χ4v) is 4.06. The molecule has 27 heavy (non-hydrogen) atoms. The van der Waals surface area contributed by atoms with Crippen LogP contribution < -0.4 is 14.8 Å². The van der Waals surface area contributed by atoms with Crippen LogP contribution in [0.1, 0.15) is 33.2 Å². The van der Waals surface area contributed by atoms with Crippen LogP contribution in [0.3, 0.4) is 0 Å². The van der Waals surface area contributed by atoms with Gasteiger partial charge in [0, 0.05) is 22.9 Å². The molecule has 0 spiro atoms. The van der Waals surface area contributed by atoms with Gasteiger partial charge in [0.05, 0.1) is 33.6 Å². The van der Waals surface area contributed by atoms with Crippen molar-refractivity contribution in [1.29, 1.82) is 0 Å². The molecule has 140 valence electrons. The number of rotatable bonds is 4. The predicted octanol–water partition coefficient (Wildman–Crippen LogP) is 2.18. The molecule has 2 heterocycles. The number of ether oxygens (including phenoxy) is 3. The van der Waals surface area contributed by atoms with Crippen LogP contribution in [0.15, 0.2) is 36.4 Å². The second-order valence-electron chi connectivity index (χ2n) is 6.57. The van der Waals surface area contributed by atoms with Crippen molar-refractivity contribution >= 4 is 16.9 Å². The minimum absolute atomic E-state index is 0.0462. The summed E-state index contributed by atoms with van der Waals surface area (Å²) in [7, 11) is 4.47. The Labute approximate surface area is 157 Å². The first kappa shape index (κ1) is 17.4. The van der Waals surface area contributed by atoms with Crippen molar-refractivity contribution in [3.63, 3.8) is 0 Å². The van der Waals surface area contributed by atoms with Crippen molar-refractivity contribution in [2.24, 2.45) is 0 Å². The number of esters is 1. The quantitative estimate of drug-likeness (QED) is 0.693. The zero-order chi connectivity index (χ0) is 19.0. The minimum atomic E-state index is -0.433. The second kappa shape index (κ2) is 6.96. The maximum Gasteiger partial charge on any atom is 0.342 e. The Morgan fingerprint density at radius 3 is 2.67 bits per heavy atom. The molecule has 0 saturated heterocycles. The number of benzene rings is 2. The average molecular weight is 367 g/mol. The average Bonchev–Trinajstić information content (AvgIpc) is 3.10. The first-order valence-electron chi connectivity index (χ1n) is 8.95. The SMILES string of the molecule is COC(=O)c1c([C@H]2[NH2+]CCc3c2[nH]c2ccccc32)ccc(OC)c1OC. The van der Waals surface area contributed by atoms with E-state index in [0.717, 1.165) is 29.7 Å². The van der Waals surface area contributed by atoms with E-state index in [1.807, 2.05) is 18.2 Å². The van der Waals surface area contributed by atoms with E-state index in [2.05, 4.69) is 28.5 Å². The molecular formula is C21H23N2O4+. The van der Waals surface area contributed by atoms with E-state index in [9.17, 15) is 4.79 Å². The van der Waals surface area contributed by atoms with Gasteiger partial charge in [0.2, 0.25) is 0 Å². The zero-order valence-electron chi connectivity index (χ0n) is 15.7. The highest BCUT2D eigenvalue weighted by atomic mass is 16.5. The Balaban J connectivity index is 1.94. The second-order valence-corrected chi connectivity index (χ2v) is 6.57. The topological polar surface area (TPSA) is 77.2 Å². The van der Waals surface area contributed by atoms with Gasteiger partial charge < -0.3 is 24.5 Å². The zero-order valence-corrected chi connectivity index (χ0v) is 15.7. The van der Waals surface area contributed by atoms with Gasteiger partial charge in [0.15, 0.2) is 17.5 Å². The Morgan fingerprint density at radius 2 is 1.93 bits per heavy atom. The van der Waals surface area contributed by atoms with Crippen LogP contribution >= 0.6 is 0 Å². The van der Waals surface area contributed by atoms with Crippen molar-refractivity contribution in [3.05, 3.63) is 58.8 Å². The van der Waals surface area contributed by atoms with Gasteiger partial charge in [-0.15, -0.1) is 0 Å². The van der Waals surface area contributed by atoms with Gasteiger partial charge >= 0.3 is 5.97 Å². The van der Waals surface area contributed by atoms with E-state index in [0.29, 0.717) is 17.1 Å². The maximum atomic E-state index is 12.6. The molecule has 3 N–H and O–H groups in total. The molecule has 1 aromatic heterocycles. The van der Waals surface area contributed by atoms with Gasteiger partial charge in [0.1, 0.15) is 5.56 Å². The van der Waals surface area contributed by atoms with E-state index in [1.54, 1.807) is 7.11 Å². The van der Waals surface area contributed by atoms with Crippen LogP contribution in [0, 0.1) is 0 Å². The molecule has 4 rings (SSSR count). The lowest BCUT2D eigenvalue weighted by Crippen LogP contribution is -2.87. The third-order valence-corrected chi connectivity index (χ3v) is 5.26. The molecule has 3 aromatic rings. The lowest BCUT2D eigenvalue weighted by molar-refractivity contribution is -0.690. The smallest absolute Gasteiger partial charge is 0.342 e. The Morgan fingerprint density at radius 1 is 1.11 bits per heavy atom. The number of nitrogens with one attached hydrogen (secondary N) is 1. The summed E-state index contributed by atoms with van der Waals surface area (Å²) in [5.74, 6) is 0.477. The summed E-state index contributed by atoms with van der Waals surface area (Å²) in [6.45, 7) is 0.939. The van der Waals surface area contributed by atoms with Crippen molar-refractivity contribution in [2.75, 3.05) is 27.9 Å². The number of carbonyl (C=O) groups is 1. The fourth-order valence-electron chi connectivity index (χ4n) is 4.06. The van der Waals surface area contributed by atoms with Gasteiger partial charge in [-0.25, -0.2) is 4.79 Å². The molecule has 0 aliphatic carbocycles. The van der Waals surface area contributed by atoms with Crippen molar-refractivity contribution in [3.8, 4) is 11.5 Å². The van der Waals surface area contributed by atoms with Crippen molar-refractivity contribution in [2.45, 2.75) is 12.5 Å². The molecule has 0 fully saturated rings. The summed E-state index contributed by atoms with van der Waals surface area (Å²) in [4.78, 5) is 16.2. The molecule has 1 aliphatic rings. The number of hydrogen-bond donors (Lipinski definition) is 2. The maximum absolute atomic E-state index is 12.6. The molecule has 0 saturated carbocycles. The lowest BCUT2D eigenvalue weighted by atomic mass is 9.91. The first-order chi connectivity index (χ1) is 13.2. The number of methoxy groups -OCH3 is 3. The van der Waals surface area contributed by atoms with Gasteiger partial charge in [-0.2, -0.15) is 0 Å². The molecule has 0 radical (unpaired) electrons. The first-order valence-corrected chi connectivity index (χ1v) is 8.95. The van der Waals surface area contributed by atoms with Crippen LogP contribution in [0.2, 0.25) is 0 Å². The number of aromatic nitrogens is 1. The van der Waals surface area contributed by atoms with Crippen LogP contribution in [0.5, 0.6) is 11.5 Å². The van der Waals surface area contributed by atoms with E-state index < -0.39 is 5.97 Å². The summed E-state index contributed by atoms with van der Waals surface area (Å²) in [5, 5.41) is 3.48. The number of H-pyrrole nitrogens is 1. The molecule has 0 amide bonds. The summed E-state index contributed by atoms with van der Waals surface area (Å²) in [6, 6.07) is 12.0. The normalized spacial score (nSPS) is 16.0. The number of nitrogens with two attached hydrogens (primary N) is 1. The summed E-state index contributed by atoms with van der Waals surface area (Å²) in [5.41, 5.74) is 4.81. The predicted molar refractivity (Wildman–Crippen MR) is 102 cm³/mol. The molecule has 2 aromatic carbocycles. The highest BCUT2D eigenvalue weighted by molar-refractivity contribution is 5.96. The number of carbonyl (C=O) groups excluding carboxylic acids is 1. The molecular weight excluding hydrogens is 344 g/mol. The molecule has 6 heteroatoms. The fraction of sp³-hybridized carbons (Fsp3) is 0.286. The van der Waals surface area contributed by atoms with Crippen LogP contribution in [-0.2, 0) is 11.2 Å². The van der Waals surface area contributed by atoms with Crippen LogP contribution in [0.25, 0.3) is 10.9 Å². The van der Waals surface area contributed by atoms with Gasteiger partial charge in [-0.1, -0.05) is 18.2 Å². The molecule has 0 unspecified atom stereocenters. The summed E-state index contributed by atoms with van der Waals surface area (Å²) >= 11 is 0. The summed E-state index contributed by atoms with van der Waals surface area (Å²) in [6.07, 6.45) is 0.983. The third-order valence-electron chi connectivity index (χ3n) is 5.26. The van der Waals surface area contributed by atoms with Crippen LogP contribution in [0.4, 0.5) is 0 Å². The number of quaternary nitrogens is 1. The Kier molecular flexibility index (Phi) is 4.49. The van der Waals surface area contributed by atoms with Gasteiger partial charge in [0.25, 0.3) is 0 Å². The molecule has 0 bridgehead atoms. The van der Waals surface area contributed by atoms with Gasteiger partial charge in [-0.3, -0.25) is 0 Å². The molecule has 1 atom stereocenters. The van der Waals surface area contributed by atoms with Crippen molar-refractivity contribution < 1.29 is 24.3 Å². The monoisotopic (exact) mass is 367 g/mol. The standard InChI is InChI=1S/C21H22N2O4/c1-25-16-9-8-14(17(20(16)26-2)21(24)27-3)18-19-13(10-11-22-18)12-6-4-5-7-15(12)23-19/h4-9,18,22-23H,10-11H2,1-3H3/p+1/t18-/m1/s1. The Hall–Kier alpha value is -2.99. The highest BCUT2D eigenvalue weighted by Crippen LogP contribution is 2.39. The number of aromatic amines is 1.